The van der Waals surface area contributed by atoms with Gasteiger partial charge in [0.05, 0.1) is 0 Å². The molecule has 3 fully saturated rings. The molecule has 0 aromatic heterocycles. The molecular formula is C25H44O2. The second kappa shape index (κ2) is 10.9. The zero-order valence-corrected chi connectivity index (χ0v) is 18.1. The summed E-state index contributed by atoms with van der Waals surface area (Å²) in [5.41, 5.74) is 0. The summed E-state index contributed by atoms with van der Waals surface area (Å²) in [6.45, 7) is 4.23. The zero-order chi connectivity index (χ0) is 19.1. The van der Waals surface area contributed by atoms with Crippen LogP contribution in [0.1, 0.15) is 117 Å². The Morgan fingerprint density at radius 3 is 1.96 bits per heavy atom. The summed E-state index contributed by atoms with van der Waals surface area (Å²) >= 11 is 0. The lowest BCUT2D eigenvalue weighted by molar-refractivity contribution is -0.151. The molecule has 27 heavy (non-hydrogen) atoms. The van der Waals surface area contributed by atoms with E-state index in [1.807, 2.05) is 6.92 Å². The van der Waals surface area contributed by atoms with Gasteiger partial charge in [-0.1, -0.05) is 46.0 Å². The highest BCUT2D eigenvalue weighted by atomic mass is 16.5. The second-order valence-electron chi connectivity index (χ2n) is 9.99. The van der Waals surface area contributed by atoms with E-state index in [1.54, 1.807) is 0 Å². The van der Waals surface area contributed by atoms with Crippen LogP contribution in [0.3, 0.4) is 0 Å². The number of carbonyl (C=O) groups is 1. The minimum atomic E-state index is -0.00102. The fourth-order valence-electron chi connectivity index (χ4n) is 6.51. The molecule has 2 nitrogen and oxygen atoms in total. The molecule has 0 saturated heterocycles. The molecule has 2 heteroatoms. The Balaban J connectivity index is 1.38. The van der Waals surface area contributed by atoms with Crippen LogP contribution in [-0.4, -0.2) is 12.1 Å². The largest absolute Gasteiger partial charge is 0.462 e. The van der Waals surface area contributed by atoms with E-state index in [1.165, 1.54) is 83.5 Å². The molecule has 0 aromatic rings. The van der Waals surface area contributed by atoms with E-state index in [-0.39, 0.29) is 12.1 Å². The predicted molar refractivity (Wildman–Crippen MR) is 113 cm³/mol. The molecule has 0 spiro atoms. The lowest BCUT2D eigenvalue weighted by Gasteiger charge is -2.41. The molecule has 2 unspecified atom stereocenters. The molecule has 3 aliphatic carbocycles. The van der Waals surface area contributed by atoms with Gasteiger partial charge in [-0.2, -0.15) is 0 Å². The van der Waals surface area contributed by atoms with Crippen molar-refractivity contribution in [3.63, 3.8) is 0 Å². The first kappa shape index (κ1) is 21.2. The van der Waals surface area contributed by atoms with Crippen LogP contribution in [0, 0.1) is 29.6 Å². The number of hydrogen-bond donors (Lipinski definition) is 0. The molecule has 0 aliphatic heterocycles. The van der Waals surface area contributed by atoms with Crippen LogP contribution in [0.25, 0.3) is 0 Å². The van der Waals surface area contributed by atoms with Crippen molar-refractivity contribution in [1.29, 1.82) is 0 Å². The molecule has 0 aromatic carbocycles. The Bertz CT molecular complexity index is 430. The van der Waals surface area contributed by atoms with Gasteiger partial charge in [0.25, 0.3) is 0 Å². The third-order valence-electron chi connectivity index (χ3n) is 8.26. The van der Waals surface area contributed by atoms with Crippen molar-refractivity contribution in [2.75, 3.05) is 0 Å². The van der Waals surface area contributed by atoms with Gasteiger partial charge in [0, 0.05) is 6.42 Å². The predicted octanol–water partition coefficient (Wildman–Crippen LogP) is 7.30. The Morgan fingerprint density at radius 1 is 0.778 bits per heavy atom. The van der Waals surface area contributed by atoms with Crippen LogP contribution in [0.5, 0.6) is 0 Å². The Kier molecular flexibility index (Phi) is 8.52. The Labute approximate surface area is 168 Å². The van der Waals surface area contributed by atoms with Gasteiger partial charge in [0.15, 0.2) is 0 Å². The lowest BCUT2D eigenvalue weighted by atomic mass is 9.65. The van der Waals surface area contributed by atoms with Crippen LogP contribution in [-0.2, 0) is 9.53 Å². The SMILES string of the molecule is CCCCC1CCC(C2CCC(C3CCCC(OC(=O)CC)C3)CC2)CC1. The van der Waals surface area contributed by atoms with Gasteiger partial charge in [-0.3, -0.25) is 4.79 Å². The highest BCUT2D eigenvalue weighted by Crippen LogP contribution is 2.46. The van der Waals surface area contributed by atoms with Crippen LogP contribution >= 0.6 is 0 Å². The average molecular weight is 377 g/mol. The van der Waals surface area contributed by atoms with Gasteiger partial charge in [0.1, 0.15) is 6.10 Å². The molecule has 3 saturated carbocycles. The van der Waals surface area contributed by atoms with E-state index in [0.717, 1.165) is 42.4 Å². The second-order valence-corrected chi connectivity index (χ2v) is 9.99. The van der Waals surface area contributed by atoms with Crippen molar-refractivity contribution < 1.29 is 9.53 Å². The smallest absolute Gasteiger partial charge is 0.305 e. The fourth-order valence-corrected chi connectivity index (χ4v) is 6.51. The van der Waals surface area contributed by atoms with E-state index >= 15 is 0 Å². The minimum Gasteiger partial charge on any atom is -0.462 e. The normalized spacial score (nSPS) is 37.7. The highest BCUT2D eigenvalue weighted by Gasteiger charge is 2.35. The van der Waals surface area contributed by atoms with Crippen LogP contribution < -0.4 is 0 Å². The van der Waals surface area contributed by atoms with Crippen molar-refractivity contribution in [1.82, 2.24) is 0 Å². The molecule has 156 valence electrons. The molecule has 2 atom stereocenters. The van der Waals surface area contributed by atoms with E-state index in [4.69, 9.17) is 4.74 Å². The van der Waals surface area contributed by atoms with Gasteiger partial charge in [-0.05, 0) is 93.8 Å². The number of carbonyl (C=O) groups excluding carboxylic acids is 1. The molecule has 0 heterocycles. The summed E-state index contributed by atoms with van der Waals surface area (Å²) in [5, 5.41) is 0. The minimum absolute atomic E-state index is 0.00102. The fraction of sp³-hybridized carbons (Fsp3) is 0.960. The quantitative estimate of drug-likeness (QED) is 0.436. The van der Waals surface area contributed by atoms with Crippen LogP contribution in [0.15, 0.2) is 0 Å². The molecule has 0 N–H and O–H groups in total. The Morgan fingerprint density at radius 2 is 1.37 bits per heavy atom. The summed E-state index contributed by atoms with van der Waals surface area (Å²) in [5.74, 6) is 4.82. The van der Waals surface area contributed by atoms with Crippen molar-refractivity contribution in [2.24, 2.45) is 29.6 Å². The van der Waals surface area contributed by atoms with Gasteiger partial charge in [-0.15, -0.1) is 0 Å². The number of hydrogen-bond acceptors (Lipinski definition) is 2. The van der Waals surface area contributed by atoms with E-state index < -0.39 is 0 Å². The first-order chi connectivity index (χ1) is 13.2. The molecule has 3 aliphatic rings. The lowest BCUT2D eigenvalue weighted by Crippen LogP contribution is -2.32. The molecular weight excluding hydrogens is 332 g/mol. The van der Waals surface area contributed by atoms with Crippen molar-refractivity contribution in [2.45, 2.75) is 123 Å². The van der Waals surface area contributed by atoms with Gasteiger partial charge in [-0.25, -0.2) is 0 Å². The van der Waals surface area contributed by atoms with E-state index in [2.05, 4.69) is 6.92 Å². The third-order valence-corrected chi connectivity index (χ3v) is 8.26. The monoisotopic (exact) mass is 376 g/mol. The topological polar surface area (TPSA) is 26.3 Å². The maximum Gasteiger partial charge on any atom is 0.305 e. The van der Waals surface area contributed by atoms with E-state index in [0.29, 0.717) is 6.42 Å². The maximum atomic E-state index is 11.6. The van der Waals surface area contributed by atoms with Gasteiger partial charge < -0.3 is 4.74 Å². The average Bonchev–Trinajstić information content (AvgIpc) is 2.73. The summed E-state index contributed by atoms with van der Waals surface area (Å²) in [6, 6.07) is 0. The van der Waals surface area contributed by atoms with Gasteiger partial charge in [0.2, 0.25) is 0 Å². The van der Waals surface area contributed by atoms with Crippen LogP contribution in [0.2, 0.25) is 0 Å². The first-order valence-corrected chi connectivity index (χ1v) is 12.4. The summed E-state index contributed by atoms with van der Waals surface area (Å²) in [4.78, 5) is 11.6. The first-order valence-electron chi connectivity index (χ1n) is 12.4. The molecule has 3 rings (SSSR count). The maximum absolute atomic E-state index is 11.6. The number of rotatable bonds is 7. The zero-order valence-electron chi connectivity index (χ0n) is 18.1. The summed E-state index contributed by atoms with van der Waals surface area (Å²) in [7, 11) is 0. The van der Waals surface area contributed by atoms with Crippen LogP contribution in [0.4, 0.5) is 0 Å². The van der Waals surface area contributed by atoms with Crippen molar-refractivity contribution in [3.8, 4) is 0 Å². The highest BCUT2D eigenvalue weighted by molar-refractivity contribution is 5.69. The molecule has 0 bridgehead atoms. The Hall–Kier alpha value is -0.530. The third kappa shape index (κ3) is 6.23. The standard InChI is InChI=1S/C25H44O2/c1-3-5-7-19-10-12-20(13-11-19)21-14-16-22(17-15-21)23-8-6-9-24(18-23)27-25(26)4-2/h19-24H,3-18H2,1-2H3. The number of esters is 1. The summed E-state index contributed by atoms with van der Waals surface area (Å²) < 4.78 is 5.68. The van der Waals surface area contributed by atoms with Crippen molar-refractivity contribution >= 4 is 5.97 Å². The molecule has 0 amide bonds. The van der Waals surface area contributed by atoms with E-state index in [9.17, 15) is 4.79 Å². The number of ether oxygens (including phenoxy) is 1. The number of unbranched alkanes of at least 4 members (excludes halogenated alkanes) is 1. The van der Waals surface area contributed by atoms with Crippen molar-refractivity contribution in [3.05, 3.63) is 0 Å². The molecule has 0 radical (unpaired) electrons. The summed E-state index contributed by atoms with van der Waals surface area (Å²) in [6.07, 6.45) is 21.8. The van der Waals surface area contributed by atoms with Gasteiger partial charge >= 0.3 is 5.97 Å².